The van der Waals surface area contributed by atoms with Gasteiger partial charge in [0, 0.05) is 22.9 Å². The van der Waals surface area contributed by atoms with Gasteiger partial charge in [-0.05, 0) is 36.4 Å². The molecular weight excluding hydrogens is 330 g/mol. The molecule has 0 atom stereocenters. The Kier molecular flexibility index (Phi) is 3.76. The van der Waals surface area contributed by atoms with Gasteiger partial charge < -0.3 is 10.6 Å². The molecule has 0 unspecified atom stereocenters. The van der Waals surface area contributed by atoms with Crippen LogP contribution < -0.4 is 4.72 Å². The molecule has 0 aromatic heterocycles. The summed E-state index contributed by atoms with van der Waals surface area (Å²) in [5.41, 5.74) is 9.27. The van der Waals surface area contributed by atoms with Gasteiger partial charge in [0.1, 0.15) is 5.75 Å². The topological polar surface area (TPSA) is 120 Å². The van der Waals surface area contributed by atoms with E-state index in [0.29, 0.717) is 0 Å². The van der Waals surface area contributed by atoms with E-state index in [0.717, 1.165) is 0 Å². The van der Waals surface area contributed by atoms with Crippen LogP contribution in [0.15, 0.2) is 53.4 Å². The zero-order chi connectivity index (χ0) is 17.3. The van der Waals surface area contributed by atoms with Gasteiger partial charge in [-0.1, -0.05) is 12.1 Å². The van der Waals surface area contributed by atoms with Crippen molar-refractivity contribution >= 4 is 33.3 Å². The second-order valence-corrected chi connectivity index (χ2v) is 6.67. The van der Waals surface area contributed by atoms with Gasteiger partial charge in [-0.3, -0.25) is 9.52 Å². The van der Waals surface area contributed by atoms with Crippen molar-refractivity contribution in [3.05, 3.63) is 65.2 Å². The monoisotopic (exact) mass is 341 g/mol. The summed E-state index contributed by atoms with van der Waals surface area (Å²) < 4.78 is 27.6. The van der Waals surface area contributed by atoms with E-state index in [4.69, 9.17) is 5.53 Å². The molecule has 3 rings (SSSR count). The zero-order valence-corrected chi connectivity index (χ0v) is 13.0. The first-order valence-electron chi connectivity index (χ1n) is 6.82. The van der Waals surface area contributed by atoms with Crippen LogP contribution in [-0.4, -0.2) is 29.8 Å². The molecule has 0 aliphatic heterocycles. The van der Waals surface area contributed by atoms with E-state index in [1.807, 2.05) is 0 Å². The molecule has 7 nitrogen and oxygen atoms in total. The molecule has 120 valence electrons. The van der Waals surface area contributed by atoms with Crippen LogP contribution in [0.2, 0.25) is 0 Å². The summed E-state index contributed by atoms with van der Waals surface area (Å²) in [4.78, 5) is 15.0. The highest BCUT2D eigenvalue weighted by atomic mass is 32.2. The van der Waals surface area contributed by atoms with Gasteiger partial charge in [0.2, 0.25) is 0 Å². The summed E-state index contributed by atoms with van der Waals surface area (Å²) in [7, 11) is -3.95. The minimum atomic E-state index is -3.95. The Balaban J connectivity index is 2.07. The fraction of sp³-hybridized carbons (Fsp3) is 0. The highest BCUT2D eigenvalue weighted by molar-refractivity contribution is 7.92. The van der Waals surface area contributed by atoms with Crippen molar-refractivity contribution in [1.29, 1.82) is 0 Å². The molecule has 2 aromatic carbocycles. The normalized spacial score (nSPS) is 13.3. The van der Waals surface area contributed by atoms with E-state index in [1.165, 1.54) is 54.6 Å². The maximum absolute atomic E-state index is 12.6. The van der Waals surface area contributed by atoms with Crippen molar-refractivity contribution in [2.75, 3.05) is 4.72 Å². The maximum atomic E-state index is 12.6. The molecular formula is C16H11N3O4S. The summed E-state index contributed by atoms with van der Waals surface area (Å²) in [6, 6.07) is 9.82. The van der Waals surface area contributed by atoms with E-state index >= 15 is 0 Å². The van der Waals surface area contributed by atoms with Crippen LogP contribution in [0.1, 0.15) is 15.9 Å². The molecule has 0 saturated carbocycles. The van der Waals surface area contributed by atoms with Crippen LogP contribution in [0.5, 0.6) is 5.75 Å². The summed E-state index contributed by atoms with van der Waals surface area (Å²) >= 11 is 0. The summed E-state index contributed by atoms with van der Waals surface area (Å²) in [5, 5.41) is 9.25. The lowest BCUT2D eigenvalue weighted by Gasteiger charge is -2.14. The van der Waals surface area contributed by atoms with Crippen LogP contribution in [0, 0.1) is 0 Å². The van der Waals surface area contributed by atoms with Gasteiger partial charge in [-0.25, -0.2) is 8.42 Å². The zero-order valence-electron chi connectivity index (χ0n) is 12.2. The average molecular weight is 341 g/mol. The Labute approximate surface area is 137 Å². The molecule has 2 aromatic rings. The number of aromatic hydroxyl groups is 1. The van der Waals surface area contributed by atoms with Crippen LogP contribution in [-0.2, 0) is 10.0 Å². The molecule has 2 N–H and O–H groups in total. The molecule has 0 radical (unpaired) electrons. The first kappa shape index (κ1) is 15.7. The van der Waals surface area contributed by atoms with E-state index in [9.17, 15) is 18.3 Å². The predicted molar refractivity (Wildman–Crippen MR) is 87.3 cm³/mol. The van der Waals surface area contributed by atoms with Gasteiger partial charge >= 0.3 is 5.71 Å². The van der Waals surface area contributed by atoms with Gasteiger partial charge in [0.25, 0.3) is 15.8 Å². The van der Waals surface area contributed by atoms with E-state index in [2.05, 4.69) is 9.51 Å². The Morgan fingerprint density at radius 1 is 1.04 bits per heavy atom. The van der Waals surface area contributed by atoms with Crippen LogP contribution >= 0.6 is 0 Å². The van der Waals surface area contributed by atoms with Gasteiger partial charge in [0.15, 0.2) is 0 Å². The third-order valence-electron chi connectivity index (χ3n) is 3.47. The number of benzene rings is 2. The third-order valence-corrected chi connectivity index (χ3v) is 4.91. The van der Waals surface area contributed by atoms with Crippen molar-refractivity contribution in [3.63, 3.8) is 0 Å². The lowest BCUT2D eigenvalue weighted by Crippen LogP contribution is -2.21. The number of phenolic OH excluding ortho intramolecular Hbond substituents is 1. The Hall–Kier alpha value is -3.22. The minimum absolute atomic E-state index is 0.0133. The summed E-state index contributed by atoms with van der Waals surface area (Å²) in [6.45, 7) is 0. The van der Waals surface area contributed by atoms with Crippen LogP contribution in [0.25, 0.3) is 11.6 Å². The number of sulfonamides is 1. The SMILES string of the molecule is [N-]=[N+]=C1C=Cc2c(cccc2S(=O)(=O)Nc2ccc(O)cc2)C1=O. The number of carbonyl (C=O) groups excluding carboxylic acids is 1. The number of carbonyl (C=O) groups is 1. The Morgan fingerprint density at radius 2 is 1.75 bits per heavy atom. The Bertz CT molecular complexity index is 1020. The number of rotatable bonds is 3. The van der Waals surface area contributed by atoms with Crippen LogP contribution in [0.3, 0.4) is 0 Å². The highest BCUT2D eigenvalue weighted by Crippen LogP contribution is 2.27. The van der Waals surface area contributed by atoms with Crippen molar-refractivity contribution in [2.24, 2.45) is 0 Å². The maximum Gasteiger partial charge on any atom is 0.362 e. The quantitative estimate of drug-likeness (QED) is 0.504. The number of Topliss-reactive ketones (excluding diaryl/α,β-unsaturated/α-hetero) is 1. The van der Waals surface area contributed by atoms with Crippen molar-refractivity contribution in [1.82, 2.24) is 0 Å². The van der Waals surface area contributed by atoms with Gasteiger partial charge in [-0.2, -0.15) is 4.79 Å². The summed E-state index contributed by atoms with van der Waals surface area (Å²) in [6.07, 6.45) is 2.67. The van der Waals surface area contributed by atoms with Crippen molar-refractivity contribution < 1.29 is 23.1 Å². The van der Waals surface area contributed by atoms with Crippen molar-refractivity contribution in [3.8, 4) is 5.75 Å². The molecule has 24 heavy (non-hydrogen) atoms. The lowest BCUT2D eigenvalue weighted by atomic mass is 9.95. The van der Waals surface area contributed by atoms with Gasteiger partial charge in [0.05, 0.1) is 4.90 Å². The number of anilines is 1. The Morgan fingerprint density at radius 3 is 2.42 bits per heavy atom. The second kappa shape index (κ2) is 5.77. The number of nitrogens with zero attached hydrogens (tertiary/aromatic N) is 2. The number of nitrogens with one attached hydrogen (secondary N) is 1. The van der Waals surface area contributed by atoms with E-state index in [-0.39, 0.29) is 33.2 Å². The van der Waals surface area contributed by atoms with Crippen LogP contribution in [0.4, 0.5) is 5.69 Å². The molecule has 0 bridgehead atoms. The molecule has 8 heteroatoms. The fourth-order valence-corrected chi connectivity index (χ4v) is 3.62. The first-order valence-corrected chi connectivity index (χ1v) is 8.30. The smallest absolute Gasteiger partial charge is 0.362 e. The number of hydrogen-bond donors (Lipinski definition) is 2. The standard InChI is InChI=1S/C16H11N3O4S/c17-18-14-9-8-12-13(16(14)21)2-1-3-15(12)24(22,23)19-10-4-6-11(20)7-5-10/h1-9,19-20H. The number of allylic oxidation sites excluding steroid dienone is 1. The number of phenols is 1. The fourth-order valence-electron chi connectivity index (χ4n) is 2.34. The second-order valence-electron chi connectivity index (χ2n) is 5.02. The van der Waals surface area contributed by atoms with E-state index < -0.39 is 15.8 Å². The average Bonchev–Trinajstić information content (AvgIpc) is 2.57. The number of hydrogen-bond acceptors (Lipinski definition) is 4. The lowest BCUT2D eigenvalue weighted by molar-refractivity contribution is -0.00436. The van der Waals surface area contributed by atoms with Crippen molar-refractivity contribution in [2.45, 2.75) is 4.90 Å². The number of fused-ring (bicyclic) bond motifs is 1. The van der Waals surface area contributed by atoms with E-state index in [1.54, 1.807) is 0 Å². The molecule has 1 aliphatic carbocycles. The molecule has 0 fully saturated rings. The minimum Gasteiger partial charge on any atom is -0.508 e. The molecule has 0 amide bonds. The number of ketones is 1. The molecule has 1 aliphatic rings. The van der Waals surface area contributed by atoms with Gasteiger partial charge in [-0.15, -0.1) is 0 Å². The summed E-state index contributed by atoms with van der Waals surface area (Å²) in [5.74, 6) is -0.545. The molecule has 0 heterocycles. The predicted octanol–water partition coefficient (Wildman–Crippen LogP) is 2.07. The first-order chi connectivity index (χ1) is 11.4. The molecule has 0 saturated heterocycles. The molecule has 0 spiro atoms. The highest BCUT2D eigenvalue weighted by Gasteiger charge is 2.30. The largest absolute Gasteiger partial charge is 0.508 e. The third kappa shape index (κ3) is 2.71.